The Labute approximate surface area is 126 Å². The summed E-state index contributed by atoms with van der Waals surface area (Å²) >= 11 is 3.76. The highest BCUT2D eigenvalue weighted by atomic mass is 32.2. The number of aryl methyl sites for hydroxylation is 1. The van der Waals surface area contributed by atoms with Crippen molar-refractivity contribution in [3.8, 4) is 5.95 Å². The van der Waals surface area contributed by atoms with E-state index in [4.69, 9.17) is 9.15 Å². The van der Waals surface area contributed by atoms with Crippen molar-refractivity contribution in [2.45, 2.75) is 24.3 Å². The molecule has 1 aromatic heterocycles. The zero-order valence-electron chi connectivity index (χ0n) is 11.8. The zero-order chi connectivity index (χ0) is 14.4. The number of carbonyl (C=O) groups is 1. The highest BCUT2D eigenvalue weighted by molar-refractivity contribution is 8.21. The molecule has 1 aliphatic heterocycles. The lowest BCUT2D eigenvalue weighted by atomic mass is 9.84. The van der Waals surface area contributed by atoms with E-state index < -0.39 is 5.41 Å². The number of aromatic nitrogens is 1. The molecule has 4 nitrogen and oxygen atoms in total. The summed E-state index contributed by atoms with van der Waals surface area (Å²) in [6.07, 6.45) is 4.03. The topological polar surface area (TPSA) is 52.3 Å². The number of ether oxygens (including phenoxy) is 1. The number of thioether (sulfide) groups is 2. The lowest BCUT2D eigenvalue weighted by molar-refractivity contribution is -0.113. The SMILES string of the molecule is COc1oc(C2=CCC3(SCCS3)C2(C)C=O)nc1C. The number of carbonyl (C=O) groups excluding carboxylic acids is 1. The molecule has 0 aromatic carbocycles. The third-order valence-corrected chi connectivity index (χ3v) is 7.98. The van der Waals surface area contributed by atoms with Gasteiger partial charge >= 0.3 is 5.95 Å². The quantitative estimate of drug-likeness (QED) is 0.799. The van der Waals surface area contributed by atoms with Gasteiger partial charge in [0.25, 0.3) is 0 Å². The van der Waals surface area contributed by atoms with Crippen molar-refractivity contribution < 1.29 is 13.9 Å². The van der Waals surface area contributed by atoms with Crippen LogP contribution in [0.4, 0.5) is 0 Å². The van der Waals surface area contributed by atoms with Gasteiger partial charge in [0.1, 0.15) is 12.0 Å². The van der Waals surface area contributed by atoms with Gasteiger partial charge in [-0.05, 0) is 20.3 Å². The van der Waals surface area contributed by atoms with E-state index in [2.05, 4.69) is 11.1 Å². The maximum atomic E-state index is 11.9. The molecule has 1 saturated heterocycles. The minimum absolute atomic E-state index is 0.0975. The van der Waals surface area contributed by atoms with Gasteiger partial charge < -0.3 is 13.9 Å². The second-order valence-electron chi connectivity index (χ2n) is 5.19. The van der Waals surface area contributed by atoms with Crippen LogP contribution in [0.5, 0.6) is 5.95 Å². The van der Waals surface area contributed by atoms with Crippen LogP contribution < -0.4 is 4.74 Å². The van der Waals surface area contributed by atoms with Crippen LogP contribution in [-0.4, -0.2) is 34.0 Å². The number of nitrogens with zero attached hydrogens (tertiary/aromatic N) is 1. The Morgan fingerprint density at radius 1 is 1.45 bits per heavy atom. The first-order valence-corrected chi connectivity index (χ1v) is 8.50. The molecule has 6 heteroatoms. The van der Waals surface area contributed by atoms with E-state index in [1.54, 1.807) is 7.11 Å². The number of aldehydes is 1. The van der Waals surface area contributed by atoms with Gasteiger partial charge in [0.05, 0.1) is 16.6 Å². The average Bonchev–Trinajstić information content (AvgIpc) is 3.12. The minimum atomic E-state index is -0.568. The number of methoxy groups -OCH3 is 1. The maximum absolute atomic E-state index is 11.9. The van der Waals surface area contributed by atoms with E-state index in [9.17, 15) is 4.79 Å². The Balaban J connectivity index is 2.03. The molecule has 0 N–H and O–H groups in total. The first-order valence-electron chi connectivity index (χ1n) is 6.53. The van der Waals surface area contributed by atoms with Crippen molar-refractivity contribution in [1.29, 1.82) is 0 Å². The molecule has 1 atom stereocenters. The zero-order valence-corrected chi connectivity index (χ0v) is 13.4. The molecule has 3 rings (SSSR count). The first kappa shape index (κ1) is 14.1. The van der Waals surface area contributed by atoms with E-state index in [1.807, 2.05) is 37.4 Å². The Bertz CT molecular complexity index is 575. The molecule has 108 valence electrons. The second kappa shape index (κ2) is 4.84. The van der Waals surface area contributed by atoms with E-state index in [0.29, 0.717) is 17.5 Å². The second-order valence-corrected chi connectivity index (χ2v) is 8.23. The van der Waals surface area contributed by atoms with Crippen LogP contribution in [-0.2, 0) is 4.79 Å². The van der Waals surface area contributed by atoms with Crippen molar-refractivity contribution in [3.63, 3.8) is 0 Å². The lowest BCUT2D eigenvalue weighted by Crippen LogP contribution is -2.37. The minimum Gasteiger partial charge on any atom is -0.467 e. The number of hydrogen-bond acceptors (Lipinski definition) is 6. The Hall–Kier alpha value is -0.880. The molecule has 0 bridgehead atoms. The van der Waals surface area contributed by atoms with Gasteiger partial charge in [-0.25, -0.2) is 4.98 Å². The summed E-state index contributed by atoms with van der Waals surface area (Å²) in [5.41, 5.74) is 1.03. The monoisotopic (exact) mass is 311 g/mol. The molecule has 0 radical (unpaired) electrons. The summed E-state index contributed by atoms with van der Waals surface area (Å²) in [5, 5.41) is 0. The van der Waals surface area contributed by atoms with Gasteiger partial charge in [0, 0.05) is 17.1 Å². The normalized spacial score (nSPS) is 27.9. The standard InChI is InChI=1S/C14H17NO3S2/c1-9-12(17-3)18-11(15-9)10-4-5-14(13(10,2)8-16)19-6-7-20-14/h4,8H,5-7H2,1-3H3. The molecular formula is C14H17NO3S2. The van der Waals surface area contributed by atoms with Crippen molar-refractivity contribution >= 4 is 35.4 Å². The maximum Gasteiger partial charge on any atom is 0.308 e. The van der Waals surface area contributed by atoms with Crippen molar-refractivity contribution in [2.24, 2.45) is 5.41 Å². The summed E-state index contributed by atoms with van der Waals surface area (Å²) in [5.74, 6) is 3.10. The summed E-state index contributed by atoms with van der Waals surface area (Å²) in [6.45, 7) is 3.84. The molecule has 1 fully saturated rings. The predicted molar refractivity (Wildman–Crippen MR) is 82.2 cm³/mol. The molecule has 0 amide bonds. The van der Waals surface area contributed by atoms with Gasteiger partial charge in [-0.1, -0.05) is 6.08 Å². The largest absolute Gasteiger partial charge is 0.467 e. The lowest BCUT2D eigenvalue weighted by Gasteiger charge is -2.36. The van der Waals surface area contributed by atoms with Gasteiger partial charge in [-0.15, -0.1) is 23.5 Å². The average molecular weight is 311 g/mol. The van der Waals surface area contributed by atoms with Crippen molar-refractivity contribution in [3.05, 3.63) is 17.7 Å². The number of rotatable bonds is 3. The molecule has 2 aliphatic rings. The van der Waals surface area contributed by atoms with E-state index >= 15 is 0 Å². The number of hydrogen-bond donors (Lipinski definition) is 0. The smallest absolute Gasteiger partial charge is 0.308 e. The molecule has 20 heavy (non-hydrogen) atoms. The van der Waals surface area contributed by atoms with Crippen LogP contribution in [0.3, 0.4) is 0 Å². The van der Waals surface area contributed by atoms with Gasteiger partial charge in [0.2, 0.25) is 5.89 Å². The van der Waals surface area contributed by atoms with E-state index in [-0.39, 0.29) is 4.08 Å². The summed E-state index contributed by atoms with van der Waals surface area (Å²) in [4.78, 5) is 16.3. The summed E-state index contributed by atoms with van der Waals surface area (Å²) in [7, 11) is 1.56. The van der Waals surface area contributed by atoms with Crippen LogP contribution in [0.1, 0.15) is 24.9 Å². The fraction of sp³-hybridized carbons (Fsp3) is 0.571. The van der Waals surface area contributed by atoms with E-state index in [1.165, 1.54) is 0 Å². The molecule has 1 spiro atoms. The summed E-state index contributed by atoms with van der Waals surface area (Å²) in [6, 6.07) is 0. The molecule has 1 unspecified atom stereocenters. The predicted octanol–water partition coefficient (Wildman–Crippen LogP) is 3.16. The molecule has 1 aliphatic carbocycles. The molecule has 0 saturated carbocycles. The fourth-order valence-electron chi connectivity index (χ4n) is 2.89. The Morgan fingerprint density at radius 2 is 2.15 bits per heavy atom. The Morgan fingerprint density at radius 3 is 2.70 bits per heavy atom. The van der Waals surface area contributed by atoms with Crippen LogP contribution in [0, 0.1) is 12.3 Å². The van der Waals surface area contributed by atoms with Crippen LogP contribution >= 0.6 is 23.5 Å². The number of allylic oxidation sites excluding steroid dienone is 2. The van der Waals surface area contributed by atoms with Crippen LogP contribution in [0.25, 0.3) is 5.57 Å². The highest BCUT2D eigenvalue weighted by Gasteiger charge is 2.57. The molecular weight excluding hydrogens is 294 g/mol. The first-order chi connectivity index (χ1) is 9.56. The number of oxazole rings is 1. The highest BCUT2D eigenvalue weighted by Crippen LogP contribution is 2.64. The van der Waals surface area contributed by atoms with Gasteiger partial charge in [-0.3, -0.25) is 0 Å². The van der Waals surface area contributed by atoms with Gasteiger partial charge in [0.15, 0.2) is 0 Å². The Kier molecular flexibility index (Phi) is 3.41. The molecule has 2 heterocycles. The van der Waals surface area contributed by atoms with Crippen LogP contribution in [0.15, 0.2) is 10.5 Å². The third-order valence-electron chi connectivity index (χ3n) is 4.08. The van der Waals surface area contributed by atoms with Crippen LogP contribution in [0.2, 0.25) is 0 Å². The fourth-order valence-corrected chi connectivity index (χ4v) is 6.37. The third kappa shape index (κ3) is 1.77. The van der Waals surface area contributed by atoms with Crippen molar-refractivity contribution in [1.82, 2.24) is 4.98 Å². The molecule has 1 aromatic rings. The van der Waals surface area contributed by atoms with Crippen molar-refractivity contribution in [2.75, 3.05) is 18.6 Å². The van der Waals surface area contributed by atoms with Gasteiger partial charge in [-0.2, -0.15) is 0 Å². The summed E-state index contributed by atoms with van der Waals surface area (Å²) < 4.78 is 10.7. The van der Waals surface area contributed by atoms with E-state index in [0.717, 1.165) is 29.8 Å².